The lowest BCUT2D eigenvalue weighted by molar-refractivity contribution is 0.257. The molecule has 0 aliphatic rings. The van der Waals surface area contributed by atoms with Crippen LogP contribution in [0.4, 0.5) is 14.9 Å². The Morgan fingerprint density at radius 1 is 1.13 bits per heavy atom. The van der Waals surface area contributed by atoms with E-state index in [1.54, 1.807) is 30.3 Å². The van der Waals surface area contributed by atoms with Crippen molar-refractivity contribution < 1.29 is 13.4 Å². The predicted octanol–water partition coefficient (Wildman–Crippen LogP) is 3.03. The number of hydrogen-bond donors (Lipinski definition) is 3. The van der Waals surface area contributed by atoms with Crippen LogP contribution in [-0.2, 0) is 11.0 Å². The largest absolute Gasteiger partial charge is 0.333 e. The highest BCUT2D eigenvalue weighted by Crippen LogP contribution is 2.19. The van der Waals surface area contributed by atoms with E-state index in [1.807, 2.05) is 6.92 Å². The lowest BCUT2D eigenvalue weighted by Gasteiger charge is -2.10. The lowest BCUT2D eigenvalue weighted by atomic mass is 10.2. The van der Waals surface area contributed by atoms with E-state index in [1.165, 1.54) is 29.5 Å². The molecule has 0 radical (unpaired) electrons. The molecule has 1 atom stereocenters. The summed E-state index contributed by atoms with van der Waals surface area (Å²) in [7, 11) is -1.75. The zero-order valence-electron chi connectivity index (χ0n) is 16.0. The van der Waals surface area contributed by atoms with Gasteiger partial charge in [0.15, 0.2) is 11.0 Å². The Kier molecular flexibility index (Phi) is 5.53. The number of hydrogen-bond acceptors (Lipinski definition) is 5. The molecule has 0 aliphatic heterocycles. The number of aryl methyl sites for hydroxylation is 1. The lowest BCUT2D eigenvalue weighted by Crippen LogP contribution is -2.34. The summed E-state index contributed by atoms with van der Waals surface area (Å²) in [6.45, 7) is 1.85. The van der Waals surface area contributed by atoms with Crippen molar-refractivity contribution in [2.75, 3.05) is 5.32 Å². The number of urea groups is 1. The third-order valence-electron chi connectivity index (χ3n) is 4.34. The van der Waals surface area contributed by atoms with Crippen molar-refractivity contribution in [3.8, 4) is 5.69 Å². The van der Waals surface area contributed by atoms with Crippen molar-refractivity contribution >= 4 is 44.9 Å². The van der Waals surface area contributed by atoms with Crippen molar-refractivity contribution in [2.24, 2.45) is 0 Å². The molecule has 0 spiro atoms. The molecular formula is C20H15FN4O4S2. The Labute approximate surface area is 181 Å². The number of fused-ring (bicyclic) bond motifs is 1. The number of halogens is 1. The molecular weight excluding hydrogens is 443 g/mol. The fraction of sp³-hybridized carbons (Fsp3) is 0.0500. The van der Waals surface area contributed by atoms with Crippen molar-refractivity contribution in [1.29, 1.82) is 0 Å². The average Bonchev–Trinajstić information content (AvgIpc) is 3.16. The summed E-state index contributed by atoms with van der Waals surface area (Å²) in [5.74, 6) is -0.893. The molecule has 4 rings (SSSR count). The SMILES string of the molecule is Cc1ccc(S(=O)NC(=O)Nc2ccc(-n3c(=O)[nH]c4ccccc4c3=O)c(F)c2)s1. The van der Waals surface area contributed by atoms with Crippen molar-refractivity contribution in [3.63, 3.8) is 0 Å². The number of H-pyrrole nitrogens is 1. The first kappa shape index (κ1) is 20.7. The topological polar surface area (TPSA) is 113 Å². The molecule has 0 bridgehead atoms. The zero-order valence-corrected chi connectivity index (χ0v) is 17.6. The van der Waals surface area contributed by atoms with Gasteiger partial charge >= 0.3 is 11.7 Å². The number of rotatable bonds is 4. The van der Waals surface area contributed by atoms with Crippen LogP contribution in [0.2, 0.25) is 0 Å². The highest BCUT2D eigenvalue weighted by atomic mass is 32.2. The number of carbonyl (C=O) groups is 1. The minimum Gasteiger partial charge on any atom is -0.307 e. The normalized spacial score (nSPS) is 11.9. The fourth-order valence-corrected chi connectivity index (χ4v) is 4.87. The number of nitrogens with one attached hydrogen (secondary N) is 3. The Morgan fingerprint density at radius 2 is 1.90 bits per heavy atom. The molecule has 2 heterocycles. The molecule has 158 valence electrons. The number of benzene rings is 2. The third kappa shape index (κ3) is 4.18. The van der Waals surface area contributed by atoms with E-state index in [-0.39, 0.29) is 16.8 Å². The number of nitrogens with zero attached hydrogens (tertiary/aromatic N) is 1. The maximum absolute atomic E-state index is 14.7. The van der Waals surface area contributed by atoms with Gasteiger partial charge in [-0.25, -0.2) is 22.8 Å². The van der Waals surface area contributed by atoms with Gasteiger partial charge in [0.1, 0.15) is 10.0 Å². The van der Waals surface area contributed by atoms with E-state index >= 15 is 0 Å². The second-order valence-corrected chi connectivity index (χ2v) is 9.20. The van der Waals surface area contributed by atoms with Crippen LogP contribution in [0.25, 0.3) is 16.6 Å². The number of aromatic amines is 1. The van der Waals surface area contributed by atoms with Crippen LogP contribution in [0.5, 0.6) is 0 Å². The number of para-hydroxylation sites is 1. The van der Waals surface area contributed by atoms with Gasteiger partial charge in [-0.15, -0.1) is 11.3 Å². The van der Waals surface area contributed by atoms with Crippen molar-refractivity contribution in [1.82, 2.24) is 14.3 Å². The summed E-state index contributed by atoms with van der Waals surface area (Å²) in [4.78, 5) is 40.6. The fourth-order valence-electron chi connectivity index (χ4n) is 2.95. The molecule has 0 aliphatic carbocycles. The highest BCUT2D eigenvalue weighted by Gasteiger charge is 2.15. The van der Waals surface area contributed by atoms with Crippen LogP contribution in [0.15, 0.2) is 68.4 Å². The molecule has 0 saturated heterocycles. The van der Waals surface area contributed by atoms with E-state index in [0.717, 1.165) is 10.9 Å². The molecule has 0 fully saturated rings. The molecule has 0 saturated carbocycles. The van der Waals surface area contributed by atoms with E-state index < -0.39 is 34.1 Å². The monoisotopic (exact) mass is 458 g/mol. The van der Waals surface area contributed by atoms with Crippen LogP contribution in [-0.4, -0.2) is 19.8 Å². The van der Waals surface area contributed by atoms with E-state index in [0.29, 0.717) is 14.3 Å². The molecule has 8 nitrogen and oxygen atoms in total. The quantitative estimate of drug-likeness (QED) is 0.436. The molecule has 2 amide bonds. The highest BCUT2D eigenvalue weighted by molar-refractivity contribution is 7.86. The summed E-state index contributed by atoms with van der Waals surface area (Å²) in [5, 5.41) is 2.61. The van der Waals surface area contributed by atoms with Crippen LogP contribution in [0.3, 0.4) is 0 Å². The average molecular weight is 458 g/mol. The summed E-state index contributed by atoms with van der Waals surface area (Å²) in [5.41, 5.74) is -1.32. The molecule has 31 heavy (non-hydrogen) atoms. The number of amides is 2. The summed E-state index contributed by atoms with van der Waals surface area (Å²) < 4.78 is 30.3. The first-order valence-corrected chi connectivity index (χ1v) is 10.9. The van der Waals surface area contributed by atoms with Crippen LogP contribution >= 0.6 is 11.3 Å². The molecule has 2 aromatic heterocycles. The van der Waals surface area contributed by atoms with Crippen LogP contribution in [0, 0.1) is 12.7 Å². The van der Waals surface area contributed by atoms with Gasteiger partial charge in [-0.05, 0) is 49.4 Å². The second kappa shape index (κ2) is 8.28. The first-order chi connectivity index (χ1) is 14.8. The van der Waals surface area contributed by atoms with Gasteiger partial charge < -0.3 is 10.3 Å². The van der Waals surface area contributed by atoms with Crippen molar-refractivity contribution in [3.05, 3.63) is 86.1 Å². The zero-order chi connectivity index (χ0) is 22.1. The smallest absolute Gasteiger partial charge is 0.307 e. The Balaban J connectivity index is 1.58. The van der Waals surface area contributed by atoms with E-state index in [2.05, 4.69) is 15.0 Å². The number of aromatic nitrogens is 2. The maximum atomic E-state index is 14.7. The third-order valence-corrected chi connectivity index (χ3v) is 6.71. The van der Waals surface area contributed by atoms with Gasteiger partial charge in [-0.2, -0.15) is 0 Å². The summed E-state index contributed by atoms with van der Waals surface area (Å²) in [6.07, 6.45) is 0. The second-order valence-electron chi connectivity index (χ2n) is 6.47. The van der Waals surface area contributed by atoms with Crippen molar-refractivity contribution in [2.45, 2.75) is 11.1 Å². The minimum absolute atomic E-state index is 0.0587. The van der Waals surface area contributed by atoms with E-state index in [9.17, 15) is 23.0 Å². The van der Waals surface area contributed by atoms with Crippen LogP contribution in [0.1, 0.15) is 4.88 Å². The summed E-state index contributed by atoms with van der Waals surface area (Å²) >= 11 is 1.28. The Bertz CT molecular complexity index is 1460. The molecule has 11 heteroatoms. The van der Waals surface area contributed by atoms with Gasteiger partial charge in [-0.3, -0.25) is 9.52 Å². The van der Waals surface area contributed by atoms with Gasteiger partial charge in [0, 0.05) is 10.6 Å². The van der Waals surface area contributed by atoms with Crippen LogP contribution < -0.4 is 21.3 Å². The molecule has 4 aromatic rings. The summed E-state index contributed by atoms with van der Waals surface area (Å²) in [6, 6.07) is 12.5. The van der Waals surface area contributed by atoms with Gasteiger partial charge in [0.25, 0.3) is 5.56 Å². The number of anilines is 1. The molecule has 2 aromatic carbocycles. The van der Waals surface area contributed by atoms with Gasteiger partial charge in [0.05, 0.1) is 16.6 Å². The number of carbonyl (C=O) groups excluding carboxylic acids is 1. The van der Waals surface area contributed by atoms with Gasteiger partial charge in [0.2, 0.25) is 0 Å². The van der Waals surface area contributed by atoms with E-state index in [4.69, 9.17) is 0 Å². The Hall–Kier alpha value is -3.57. The van der Waals surface area contributed by atoms with Gasteiger partial charge in [-0.1, -0.05) is 12.1 Å². The molecule has 3 N–H and O–H groups in total. The standard InChI is InChI=1S/C20H15FN4O4S2/c1-11-6-9-17(30-11)31(29)24-19(27)22-12-7-8-16(14(21)10-12)25-18(26)13-4-2-3-5-15(13)23-20(25)28/h2-10H,1H3,(H,23,28)(H2,22,24,27). The maximum Gasteiger partial charge on any atom is 0.333 e. The predicted molar refractivity (Wildman–Crippen MR) is 118 cm³/mol. The first-order valence-electron chi connectivity index (χ1n) is 8.93. The Morgan fingerprint density at radius 3 is 2.61 bits per heavy atom. The number of thiophene rings is 1. The molecule has 1 unspecified atom stereocenters. The minimum atomic E-state index is -1.75.